The van der Waals surface area contributed by atoms with Gasteiger partial charge >= 0.3 is 0 Å². The molecule has 4 aliphatic rings. The van der Waals surface area contributed by atoms with Crippen molar-refractivity contribution in [2.45, 2.75) is 38.5 Å². The molecule has 1 amide bonds. The molecule has 0 aliphatic heterocycles. The molecule has 0 saturated heterocycles. The van der Waals surface area contributed by atoms with Crippen LogP contribution in [0.3, 0.4) is 0 Å². The lowest BCUT2D eigenvalue weighted by atomic mass is 9.49. The van der Waals surface area contributed by atoms with Crippen LogP contribution in [-0.4, -0.2) is 25.1 Å². The third kappa shape index (κ3) is 2.98. The van der Waals surface area contributed by atoms with Crippen LogP contribution in [0.5, 0.6) is 11.5 Å². The highest BCUT2D eigenvalue weighted by Gasteiger charge is 2.54. The number of thiazole rings is 1. The second-order valence-electron chi connectivity index (χ2n) is 8.76. The van der Waals surface area contributed by atoms with E-state index >= 15 is 0 Å². The van der Waals surface area contributed by atoms with Crippen molar-refractivity contribution in [1.29, 1.82) is 0 Å². The molecular weight excluding hydrogens is 372 g/mol. The molecule has 0 radical (unpaired) electrons. The highest BCUT2D eigenvalue weighted by Crippen LogP contribution is 2.60. The minimum atomic E-state index is -0.158. The number of rotatable bonds is 5. The number of benzene rings is 1. The van der Waals surface area contributed by atoms with Crippen LogP contribution in [0.2, 0.25) is 0 Å². The number of nitrogens with one attached hydrogen (secondary N) is 1. The van der Waals surface area contributed by atoms with Gasteiger partial charge in [0.25, 0.3) is 0 Å². The molecule has 28 heavy (non-hydrogen) atoms. The second kappa shape index (κ2) is 6.76. The Morgan fingerprint density at radius 2 is 1.79 bits per heavy atom. The third-order valence-corrected chi connectivity index (χ3v) is 7.68. The fourth-order valence-electron chi connectivity index (χ4n) is 6.09. The Bertz CT molecular complexity index is 872. The number of hydrogen-bond donors (Lipinski definition) is 1. The quantitative estimate of drug-likeness (QED) is 0.771. The number of methoxy groups -OCH3 is 2. The summed E-state index contributed by atoms with van der Waals surface area (Å²) >= 11 is 1.47. The number of carbonyl (C=O) groups excluding carboxylic acids is 1. The van der Waals surface area contributed by atoms with E-state index in [0.29, 0.717) is 5.13 Å². The summed E-state index contributed by atoms with van der Waals surface area (Å²) in [5.74, 6) is 3.94. The van der Waals surface area contributed by atoms with Gasteiger partial charge in [0, 0.05) is 10.9 Å². The van der Waals surface area contributed by atoms with E-state index in [1.807, 2.05) is 23.6 Å². The van der Waals surface area contributed by atoms with Crippen molar-refractivity contribution >= 4 is 22.4 Å². The zero-order valence-corrected chi connectivity index (χ0v) is 17.2. The van der Waals surface area contributed by atoms with Gasteiger partial charge in [0.15, 0.2) is 5.13 Å². The average molecular weight is 399 g/mol. The molecular formula is C22H26N2O3S. The fourth-order valence-corrected chi connectivity index (χ4v) is 6.79. The van der Waals surface area contributed by atoms with Crippen LogP contribution in [-0.2, 0) is 4.79 Å². The van der Waals surface area contributed by atoms with E-state index in [0.717, 1.165) is 59.8 Å². The third-order valence-electron chi connectivity index (χ3n) is 6.93. The number of ether oxygens (including phenoxy) is 2. The topological polar surface area (TPSA) is 60.5 Å². The van der Waals surface area contributed by atoms with Crippen LogP contribution in [0, 0.1) is 23.2 Å². The lowest BCUT2D eigenvalue weighted by molar-refractivity contribution is -0.140. The predicted molar refractivity (Wildman–Crippen MR) is 110 cm³/mol. The first kappa shape index (κ1) is 18.0. The van der Waals surface area contributed by atoms with Crippen molar-refractivity contribution in [2.75, 3.05) is 19.5 Å². The van der Waals surface area contributed by atoms with E-state index in [2.05, 4.69) is 10.3 Å². The van der Waals surface area contributed by atoms with E-state index in [1.54, 1.807) is 14.2 Å². The van der Waals surface area contributed by atoms with Crippen LogP contribution < -0.4 is 14.8 Å². The molecule has 4 fully saturated rings. The molecule has 5 nitrogen and oxygen atoms in total. The van der Waals surface area contributed by atoms with E-state index in [9.17, 15) is 4.79 Å². The van der Waals surface area contributed by atoms with Crippen LogP contribution in [0.15, 0.2) is 23.6 Å². The van der Waals surface area contributed by atoms with Crippen molar-refractivity contribution in [1.82, 2.24) is 4.98 Å². The SMILES string of the molecule is COc1ccc(OC)c(-c2csc(NC(=O)C34CC5CC(CC(C5)C3)C4)n2)c1. The molecule has 4 aliphatic carbocycles. The molecule has 1 N–H and O–H groups in total. The summed E-state index contributed by atoms with van der Waals surface area (Å²) in [4.78, 5) is 17.9. The lowest BCUT2D eigenvalue weighted by Gasteiger charge is -2.55. The van der Waals surface area contributed by atoms with Crippen LogP contribution in [0.1, 0.15) is 38.5 Å². The van der Waals surface area contributed by atoms with E-state index in [4.69, 9.17) is 9.47 Å². The highest BCUT2D eigenvalue weighted by molar-refractivity contribution is 7.14. The molecule has 6 rings (SSSR count). The highest BCUT2D eigenvalue weighted by atomic mass is 32.1. The summed E-state index contributed by atoms with van der Waals surface area (Å²) in [5.41, 5.74) is 1.50. The molecule has 4 saturated carbocycles. The molecule has 0 atom stereocenters. The van der Waals surface area contributed by atoms with Crippen molar-refractivity contribution in [3.8, 4) is 22.8 Å². The van der Waals surface area contributed by atoms with Gasteiger partial charge in [-0.15, -0.1) is 11.3 Å². The van der Waals surface area contributed by atoms with Gasteiger partial charge in [0.2, 0.25) is 5.91 Å². The molecule has 0 spiro atoms. The fraction of sp³-hybridized carbons (Fsp3) is 0.545. The normalized spacial score (nSPS) is 30.3. The maximum absolute atomic E-state index is 13.2. The summed E-state index contributed by atoms with van der Waals surface area (Å²) < 4.78 is 10.8. The number of amides is 1. The first-order valence-electron chi connectivity index (χ1n) is 10.1. The maximum Gasteiger partial charge on any atom is 0.232 e. The van der Waals surface area contributed by atoms with Crippen LogP contribution in [0.25, 0.3) is 11.3 Å². The molecule has 4 bridgehead atoms. The van der Waals surface area contributed by atoms with Crippen LogP contribution >= 0.6 is 11.3 Å². The van der Waals surface area contributed by atoms with Gasteiger partial charge < -0.3 is 14.8 Å². The standard InChI is InChI=1S/C22H26N2O3S/c1-26-16-3-4-19(27-2)17(8-16)18-12-28-21(23-18)24-20(25)22-9-13-5-14(10-22)7-15(6-13)11-22/h3-4,8,12-15H,5-7,9-11H2,1-2H3,(H,23,24,25). The molecule has 0 unspecified atom stereocenters. The second-order valence-corrected chi connectivity index (χ2v) is 9.61. The smallest absolute Gasteiger partial charge is 0.232 e. The van der Waals surface area contributed by atoms with E-state index < -0.39 is 0 Å². The molecule has 1 aromatic heterocycles. The lowest BCUT2D eigenvalue weighted by Crippen LogP contribution is -2.51. The summed E-state index contributed by atoms with van der Waals surface area (Å²) in [6.45, 7) is 0. The summed E-state index contributed by atoms with van der Waals surface area (Å²) in [6.07, 6.45) is 7.20. The Morgan fingerprint density at radius 3 is 2.39 bits per heavy atom. The summed E-state index contributed by atoms with van der Waals surface area (Å²) in [5, 5.41) is 5.78. The Labute approximate surface area is 169 Å². The Kier molecular flexibility index (Phi) is 4.34. The van der Waals surface area contributed by atoms with Crippen molar-refractivity contribution in [3.05, 3.63) is 23.6 Å². The molecule has 148 valence electrons. The number of carbonyl (C=O) groups is 1. The Hall–Kier alpha value is -2.08. The minimum absolute atomic E-state index is 0.158. The number of aromatic nitrogens is 1. The average Bonchev–Trinajstić information content (AvgIpc) is 3.14. The van der Waals surface area contributed by atoms with E-state index in [-0.39, 0.29) is 11.3 Å². The Morgan fingerprint density at radius 1 is 1.11 bits per heavy atom. The van der Waals surface area contributed by atoms with Gasteiger partial charge in [-0.1, -0.05) is 0 Å². The van der Waals surface area contributed by atoms with Gasteiger partial charge in [-0.05, 0) is 74.5 Å². The van der Waals surface area contributed by atoms with Gasteiger partial charge in [-0.2, -0.15) is 0 Å². The molecule has 2 aromatic rings. The molecule has 6 heteroatoms. The van der Waals surface area contributed by atoms with Gasteiger partial charge in [-0.3, -0.25) is 4.79 Å². The van der Waals surface area contributed by atoms with Crippen molar-refractivity contribution < 1.29 is 14.3 Å². The molecule has 1 heterocycles. The largest absolute Gasteiger partial charge is 0.497 e. The summed E-state index contributed by atoms with van der Waals surface area (Å²) in [7, 11) is 3.29. The van der Waals surface area contributed by atoms with Crippen molar-refractivity contribution in [2.24, 2.45) is 23.2 Å². The minimum Gasteiger partial charge on any atom is -0.497 e. The number of hydrogen-bond acceptors (Lipinski definition) is 5. The maximum atomic E-state index is 13.2. The summed E-state index contributed by atoms with van der Waals surface area (Å²) in [6, 6.07) is 5.66. The van der Waals surface area contributed by atoms with E-state index in [1.165, 1.54) is 30.6 Å². The van der Waals surface area contributed by atoms with Gasteiger partial charge in [0.1, 0.15) is 11.5 Å². The van der Waals surface area contributed by atoms with Gasteiger partial charge in [-0.25, -0.2) is 4.98 Å². The van der Waals surface area contributed by atoms with Crippen LogP contribution in [0.4, 0.5) is 5.13 Å². The number of nitrogens with zero attached hydrogens (tertiary/aromatic N) is 1. The Balaban J connectivity index is 1.37. The molecule has 1 aromatic carbocycles. The zero-order chi connectivity index (χ0) is 19.3. The monoisotopic (exact) mass is 398 g/mol. The van der Waals surface area contributed by atoms with Crippen molar-refractivity contribution in [3.63, 3.8) is 0 Å². The first-order chi connectivity index (χ1) is 13.6. The predicted octanol–water partition coefficient (Wildman–Crippen LogP) is 4.98. The first-order valence-corrected chi connectivity index (χ1v) is 11.0. The zero-order valence-electron chi connectivity index (χ0n) is 16.4. The van der Waals surface area contributed by atoms with Gasteiger partial charge in [0.05, 0.1) is 25.3 Å². The number of anilines is 1.